The second-order valence-corrected chi connectivity index (χ2v) is 5.12. The van der Waals surface area contributed by atoms with E-state index < -0.39 is 0 Å². The summed E-state index contributed by atoms with van der Waals surface area (Å²) in [6.45, 7) is 3.48. The molecule has 3 nitrogen and oxygen atoms in total. The average molecular weight is 275 g/mol. The van der Waals surface area contributed by atoms with E-state index in [1.54, 1.807) is 18.2 Å². The van der Waals surface area contributed by atoms with Gasteiger partial charge in [-0.2, -0.15) is 0 Å². The Balaban J connectivity index is 1.80. The minimum absolute atomic E-state index is 0.310. The third-order valence-corrected chi connectivity index (χ3v) is 3.41. The summed E-state index contributed by atoms with van der Waals surface area (Å²) in [6.07, 6.45) is 1.07. The van der Waals surface area contributed by atoms with Crippen LogP contribution in [0.1, 0.15) is 6.42 Å². The summed E-state index contributed by atoms with van der Waals surface area (Å²) in [5.41, 5.74) is 5.83. The van der Waals surface area contributed by atoms with Crippen LogP contribution in [-0.4, -0.2) is 37.2 Å². The fourth-order valence-electron chi connectivity index (χ4n) is 1.94. The van der Waals surface area contributed by atoms with Crippen molar-refractivity contribution in [3.63, 3.8) is 0 Å². The minimum Gasteiger partial charge on any atom is -0.491 e. The fourth-order valence-corrected chi connectivity index (χ4v) is 2.27. The molecule has 1 heterocycles. The van der Waals surface area contributed by atoms with Gasteiger partial charge in [-0.1, -0.05) is 23.2 Å². The maximum atomic E-state index is 6.00. The number of benzene rings is 1. The Morgan fingerprint density at radius 1 is 1.41 bits per heavy atom. The second-order valence-electron chi connectivity index (χ2n) is 4.27. The largest absolute Gasteiger partial charge is 0.491 e. The molecule has 1 aliphatic heterocycles. The smallest absolute Gasteiger partial charge is 0.139 e. The molecule has 1 aromatic carbocycles. The first-order valence-electron chi connectivity index (χ1n) is 5.71. The molecular weight excluding hydrogens is 259 g/mol. The quantitative estimate of drug-likeness (QED) is 0.917. The van der Waals surface area contributed by atoms with Crippen LogP contribution in [0.5, 0.6) is 5.75 Å². The Morgan fingerprint density at radius 2 is 2.24 bits per heavy atom. The number of likely N-dealkylation sites (tertiary alicyclic amines) is 1. The van der Waals surface area contributed by atoms with Crippen LogP contribution in [0.25, 0.3) is 0 Å². The third kappa shape index (κ3) is 3.75. The Morgan fingerprint density at radius 3 is 2.94 bits per heavy atom. The molecule has 5 heteroatoms. The molecule has 1 aliphatic rings. The van der Waals surface area contributed by atoms with Crippen molar-refractivity contribution in [2.24, 2.45) is 5.73 Å². The van der Waals surface area contributed by atoms with Crippen LogP contribution in [0.2, 0.25) is 10.0 Å². The lowest BCUT2D eigenvalue weighted by molar-refractivity contribution is 0.236. The monoisotopic (exact) mass is 274 g/mol. The van der Waals surface area contributed by atoms with Gasteiger partial charge >= 0.3 is 0 Å². The predicted molar refractivity (Wildman–Crippen MR) is 71.0 cm³/mol. The summed E-state index contributed by atoms with van der Waals surface area (Å²) in [6, 6.07) is 5.53. The van der Waals surface area contributed by atoms with Crippen molar-refractivity contribution in [2.45, 2.75) is 12.5 Å². The van der Waals surface area contributed by atoms with E-state index in [9.17, 15) is 0 Å². The molecule has 1 saturated heterocycles. The molecule has 0 radical (unpaired) electrons. The van der Waals surface area contributed by atoms with E-state index >= 15 is 0 Å². The van der Waals surface area contributed by atoms with E-state index in [1.807, 2.05) is 0 Å². The van der Waals surface area contributed by atoms with E-state index in [-0.39, 0.29) is 0 Å². The predicted octanol–water partition coefficient (Wildman–Crippen LogP) is 2.41. The lowest BCUT2D eigenvalue weighted by Crippen LogP contribution is -2.29. The number of hydrogen-bond acceptors (Lipinski definition) is 3. The Kier molecular flexibility index (Phi) is 4.51. The SMILES string of the molecule is N[C@@H]1CCN(CCOc2cc(Cl)ccc2Cl)C1. The number of rotatable bonds is 4. The Hall–Kier alpha value is -0.480. The van der Waals surface area contributed by atoms with Gasteiger partial charge in [0.1, 0.15) is 12.4 Å². The first kappa shape index (κ1) is 13.0. The molecule has 17 heavy (non-hydrogen) atoms. The molecule has 0 aromatic heterocycles. The molecule has 1 fully saturated rings. The van der Waals surface area contributed by atoms with Crippen LogP contribution < -0.4 is 10.5 Å². The summed E-state index contributed by atoms with van der Waals surface area (Å²) in [7, 11) is 0. The van der Waals surface area contributed by atoms with Crippen molar-refractivity contribution in [3.8, 4) is 5.75 Å². The zero-order valence-corrected chi connectivity index (χ0v) is 11.0. The highest BCUT2D eigenvalue weighted by Gasteiger charge is 2.18. The molecule has 94 valence electrons. The Bertz CT molecular complexity index is 387. The van der Waals surface area contributed by atoms with Gasteiger partial charge in [-0.05, 0) is 25.1 Å². The molecule has 1 aromatic rings. The summed E-state index contributed by atoms with van der Waals surface area (Å²) < 4.78 is 5.62. The summed E-state index contributed by atoms with van der Waals surface area (Å²) >= 11 is 11.9. The van der Waals surface area contributed by atoms with Crippen LogP contribution in [0.3, 0.4) is 0 Å². The normalized spacial score (nSPS) is 20.8. The molecule has 0 bridgehead atoms. The van der Waals surface area contributed by atoms with Crippen molar-refractivity contribution >= 4 is 23.2 Å². The number of nitrogens with zero attached hydrogens (tertiary/aromatic N) is 1. The molecule has 0 spiro atoms. The van der Waals surface area contributed by atoms with E-state index in [1.165, 1.54) is 0 Å². The molecule has 2 N–H and O–H groups in total. The molecule has 0 amide bonds. The zero-order valence-electron chi connectivity index (χ0n) is 9.53. The van der Waals surface area contributed by atoms with Crippen LogP contribution in [0, 0.1) is 0 Å². The number of ether oxygens (including phenoxy) is 1. The van der Waals surface area contributed by atoms with Gasteiger partial charge in [-0.15, -0.1) is 0 Å². The van der Waals surface area contributed by atoms with E-state index in [2.05, 4.69) is 4.90 Å². The van der Waals surface area contributed by atoms with Crippen molar-refractivity contribution in [1.82, 2.24) is 4.90 Å². The van der Waals surface area contributed by atoms with Crippen molar-refractivity contribution in [3.05, 3.63) is 28.2 Å². The zero-order chi connectivity index (χ0) is 12.3. The first-order valence-corrected chi connectivity index (χ1v) is 6.46. The standard InChI is InChI=1S/C12H16Cl2N2O/c13-9-1-2-11(14)12(7-9)17-6-5-16-4-3-10(15)8-16/h1-2,7,10H,3-6,8,15H2/t10-/m1/s1. The van der Waals surface area contributed by atoms with Crippen LogP contribution >= 0.6 is 23.2 Å². The lowest BCUT2D eigenvalue weighted by atomic mass is 10.3. The van der Waals surface area contributed by atoms with Gasteiger partial charge in [-0.25, -0.2) is 0 Å². The summed E-state index contributed by atoms with van der Waals surface area (Å²) in [5, 5.41) is 1.22. The van der Waals surface area contributed by atoms with Crippen molar-refractivity contribution in [1.29, 1.82) is 0 Å². The highest BCUT2D eigenvalue weighted by Crippen LogP contribution is 2.27. The van der Waals surface area contributed by atoms with Gasteiger partial charge in [0.05, 0.1) is 5.02 Å². The van der Waals surface area contributed by atoms with Crippen LogP contribution in [-0.2, 0) is 0 Å². The third-order valence-electron chi connectivity index (χ3n) is 2.87. The first-order chi connectivity index (χ1) is 8.15. The Labute approximate surface area is 111 Å². The number of halogens is 2. The maximum Gasteiger partial charge on any atom is 0.139 e. The minimum atomic E-state index is 0.310. The average Bonchev–Trinajstić information content (AvgIpc) is 2.69. The van der Waals surface area contributed by atoms with Gasteiger partial charge in [0.25, 0.3) is 0 Å². The van der Waals surface area contributed by atoms with E-state index in [0.29, 0.717) is 28.4 Å². The van der Waals surface area contributed by atoms with Gasteiger partial charge in [0, 0.05) is 30.2 Å². The fraction of sp³-hybridized carbons (Fsp3) is 0.500. The summed E-state index contributed by atoms with van der Waals surface area (Å²) in [4.78, 5) is 2.29. The van der Waals surface area contributed by atoms with Gasteiger partial charge in [-0.3, -0.25) is 4.90 Å². The van der Waals surface area contributed by atoms with Gasteiger partial charge in [0.15, 0.2) is 0 Å². The van der Waals surface area contributed by atoms with E-state index in [4.69, 9.17) is 33.7 Å². The molecular formula is C12H16Cl2N2O. The molecule has 0 saturated carbocycles. The van der Waals surface area contributed by atoms with Crippen LogP contribution in [0.15, 0.2) is 18.2 Å². The van der Waals surface area contributed by atoms with Gasteiger partial charge in [0.2, 0.25) is 0 Å². The molecule has 1 atom stereocenters. The summed E-state index contributed by atoms with van der Waals surface area (Å²) in [5.74, 6) is 0.641. The topological polar surface area (TPSA) is 38.5 Å². The van der Waals surface area contributed by atoms with Gasteiger partial charge < -0.3 is 10.5 Å². The van der Waals surface area contributed by atoms with Crippen LogP contribution in [0.4, 0.5) is 0 Å². The molecule has 0 unspecified atom stereocenters. The lowest BCUT2D eigenvalue weighted by Gasteiger charge is -2.16. The number of hydrogen-bond donors (Lipinski definition) is 1. The van der Waals surface area contributed by atoms with Crippen molar-refractivity contribution < 1.29 is 4.74 Å². The molecule has 0 aliphatic carbocycles. The second kappa shape index (κ2) is 5.91. The van der Waals surface area contributed by atoms with E-state index in [0.717, 1.165) is 26.1 Å². The maximum absolute atomic E-state index is 6.00. The van der Waals surface area contributed by atoms with Crippen molar-refractivity contribution in [2.75, 3.05) is 26.2 Å². The molecule has 2 rings (SSSR count). The number of nitrogens with two attached hydrogens (primary N) is 1. The highest BCUT2D eigenvalue weighted by atomic mass is 35.5. The highest BCUT2D eigenvalue weighted by molar-refractivity contribution is 6.34.